The monoisotopic (exact) mass is 228 g/mol. The van der Waals surface area contributed by atoms with E-state index in [1.165, 1.54) is 0 Å². The average Bonchev–Trinajstić information content (AvgIpc) is 2.34. The van der Waals surface area contributed by atoms with Gasteiger partial charge in [-0.2, -0.15) is 5.26 Å². The lowest BCUT2D eigenvalue weighted by molar-refractivity contribution is 0.0499. The summed E-state index contributed by atoms with van der Waals surface area (Å²) >= 11 is 0. The Morgan fingerprint density at radius 1 is 1.19 bits per heavy atom. The molecule has 4 nitrogen and oxygen atoms in total. The molecule has 0 aliphatic rings. The lowest BCUT2D eigenvalue weighted by atomic mass is 9.92. The minimum atomic E-state index is -0.386. The van der Waals surface area contributed by atoms with Crippen LogP contribution in [0, 0.1) is 11.3 Å². The smallest absolute Gasteiger partial charge is 0.106 e. The van der Waals surface area contributed by atoms with Gasteiger partial charge in [-0.05, 0) is 33.2 Å². The Balaban J connectivity index is 3.53. The van der Waals surface area contributed by atoms with Crippen molar-refractivity contribution >= 4 is 0 Å². The van der Waals surface area contributed by atoms with E-state index in [1.54, 1.807) is 0 Å². The van der Waals surface area contributed by atoms with E-state index in [1.807, 2.05) is 20.9 Å². The fourth-order valence-electron chi connectivity index (χ4n) is 1.51. The second kappa shape index (κ2) is 9.59. The molecule has 1 atom stereocenters. The number of nitrogens with one attached hydrogen (secondary N) is 1. The molecule has 0 saturated heterocycles. The van der Waals surface area contributed by atoms with Crippen LogP contribution in [0.2, 0.25) is 0 Å². The zero-order valence-electron chi connectivity index (χ0n) is 10.7. The molecule has 0 rings (SSSR count). The standard InChI is InChI=1S/C12H24N2O2/c1-4-12(11-13,14-3)7-6-8-16-10-9-15-5-2/h14H,4-10H2,1-3H3. The third kappa shape index (κ3) is 6.06. The molecule has 1 N–H and O–H groups in total. The van der Waals surface area contributed by atoms with Crippen molar-refractivity contribution in [2.75, 3.05) is 33.5 Å². The van der Waals surface area contributed by atoms with Crippen molar-refractivity contribution in [2.45, 2.75) is 38.6 Å². The largest absolute Gasteiger partial charge is 0.379 e. The van der Waals surface area contributed by atoms with Gasteiger partial charge in [0.1, 0.15) is 5.54 Å². The molecule has 94 valence electrons. The van der Waals surface area contributed by atoms with E-state index in [9.17, 15) is 0 Å². The zero-order valence-corrected chi connectivity index (χ0v) is 10.7. The minimum Gasteiger partial charge on any atom is -0.379 e. The first-order valence-electron chi connectivity index (χ1n) is 6.00. The minimum absolute atomic E-state index is 0.386. The van der Waals surface area contributed by atoms with Crippen molar-refractivity contribution in [3.63, 3.8) is 0 Å². The Labute approximate surface area is 98.9 Å². The van der Waals surface area contributed by atoms with E-state index in [2.05, 4.69) is 11.4 Å². The van der Waals surface area contributed by atoms with Crippen LogP contribution in [0.15, 0.2) is 0 Å². The Bertz CT molecular complexity index is 198. The third-order valence-electron chi connectivity index (χ3n) is 2.76. The first-order chi connectivity index (χ1) is 7.74. The van der Waals surface area contributed by atoms with E-state index in [0.717, 1.165) is 25.9 Å². The molecule has 0 aliphatic heterocycles. The predicted molar refractivity (Wildman–Crippen MR) is 64.2 cm³/mol. The quantitative estimate of drug-likeness (QED) is 0.578. The number of nitriles is 1. The molecule has 0 amide bonds. The molecule has 0 saturated carbocycles. The van der Waals surface area contributed by atoms with Gasteiger partial charge in [-0.15, -0.1) is 0 Å². The summed E-state index contributed by atoms with van der Waals surface area (Å²) in [6, 6.07) is 2.33. The molecule has 1 unspecified atom stereocenters. The van der Waals surface area contributed by atoms with Gasteiger partial charge in [0.05, 0.1) is 19.3 Å². The van der Waals surface area contributed by atoms with Gasteiger partial charge in [0.15, 0.2) is 0 Å². The summed E-state index contributed by atoms with van der Waals surface area (Å²) in [5, 5.41) is 12.2. The molecule has 0 fully saturated rings. The average molecular weight is 228 g/mol. The molecule has 0 aromatic rings. The highest BCUT2D eigenvalue weighted by Gasteiger charge is 2.24. The molecule has 0 heterocycles. The normalized spacial score (nSPS) is 14.4. The Morgan fingerprint density at radius 2 is 1.88 bits per heavy atom. The summed E-state index contributed by atoms with van der Waals surface area (Å²) in [5.74, 6) is 0. The lowest BCUT2D eigenvalue weighted by Crippen LogP contribution is -2.40. The maximum absolute atomic E-state index is 9.08. The molecular weight excluding hydrogens is 204 g/mol. The molecular formula is C12H24N2O2. The molecule has 0 spiro atoms. The summed E-state index contributed by atoms with van der Waals surface area (Å²) in [6.07, 6.45) is 2.54. The topological polar surface area (TPSA) is 54.3 Å². The van der Waals surface area contributed by atoms with Gasteiger partial charge < -0.3 is 14.8 Å². The number of ether oxygens (including phenoxy) is 2. The number of nitrogens with zero attached hydrogens (tertiary/aromatic N) is 1. The van der Waals surface area contributed by atoms with Crippen LogP contribution in [0.1, 0.15) is 33.1 Å². The molecule has 4 heteroatoms. The van der Waals surface area contributed by atoms with Gasteiger partial charge in [0.25, 0.3) is 0 Å². The second-order valence-corrected chi connectivity index (χ2v) is 3.71. The van der Waals surface area contributed by atoms with E-state index < -0.39 is 0 Å². The van der Waals surface area contributed by atoms with Crippen LogP contribution in [0.5, 0.6) is 0 Å². The van der Waals surface area contributed by atoms with Crippen LogP contribution in [-0.4, -0.2) is 39.0 Å². The van der Waals surface area contributed by atoms with Crippen molar-refractivity contribution in [3.05, 3.63) is 0 Å². The van der Waals surface area contributed by atoms with Crippen molar-refractivity contribution in [2.24, 2.45) is 0 Å². The third-order valence-corrected chi connectivity index (χ3v) is 2.76. The SMILES string of the molecule is CCOCCOCCCC(C#N)(CC)NC. The Morgan fingerprint density at radius 3 is 2.38 bits per heavy atom. The van der Waals surface area contributed by atoms with Gasteiger partial charge in [0.2, 0.25) is 0 Å². The number of rotatable bonds is 10. The Kier molecular flexibility index (Phi) is 9.21. The van der Waals surface area contributed by atoms with Gasteiger partial charge in [-0.3, -0.25) is 0 Å². The van der Waals surface area contributed by atoms with Gasteiger partial charge >= 0.3 is 0 Å². The van der Waals surface area contributed by atoms with Crippen molar-refractivity contribution in [3.8, 4) is 6.07 Å². The Hall–Kier alpha value is -0.630. The van der Waals surface area contributed by atoms with Crippen LogP contribution in [0.25, 0.3) is 0 Å². The van der Waals surface area contributed by atoms with E-state index in [-0.39, 0.29) is 5.54 Å². The molecule has 0 aromatic heterocycles. The number of hydrogen-bond donors (Lipinski definition) is 1. The maximum atomic E-state index is 9.08. The fraction of sp³-hybridized carbons (Fsp3) is 0.917. The zero-order chi connectivity index (χ0) is 12.3. The predicted octanol–water partition coefficient (Wildman–Crippen LogP) is 1.71. The van der Waals surface area contributed by atoms with Gasteiger partial charge in [-0.1, -0.05) is 6.92 Å². The highest BCUT2D eigenvalue weighted by atomic mass is 16.5. The first kappa shape index (κ1) is 15.4. The van der Waals surface area contributed by atoms with E-state index in [0.29, 0.717) is 19.8 Å². The van der Waals surface area contributed by atoms with E-state index in [4.69, 9.17) is 14.7 Å². The number of hydrogen-bond acceptors (Lipinski definition) is 4. The van der Waals surface area contributed by atoms with Gasteiger partial charge in [0, 0.05) is 13.2 Å². The van der Waals surface area contributed by atoms with Crippen molar-refractivity contribution < 1.29 is 9.47 Å². The fourth-order valence-corrected chi connectivity index (χ4v) is 1.51. The summed E-state index contributed by atoms with van der Waals surface area (Å²) in [7, 11) is 1.84. The van der Waals surface area contributed by atoms with Crippen molar-refractivity contribution in [1.29, 1.82) is 5.26 Å². The molecule has 0 bridgehead atoms. The molecule has 16 heavy (non-hydrogen) atoms. The van der Waals surface area contributed by atoms with Crippen LogP contribution in [-0.2, 0) is 9.47 Å². The summed E-state index contributed by atoms with van der Waals surface area (Å²) in [5.41, 5.74) is -0.386. The lowest BCUT2D eigenvalue weighted by Gasteiger charge is -2.24. The summed E-state index contributed by atoms with van der Waals surface area (Å²) in [4.78, 5) is 0. The van der Waals surface area contributed by atoms with E-state index >= 15 is 0 Å². The maximum Gasteiger partial charge on any atom is 0.106 e. The molecule has 0 radical (unpaired) electrons. The van der Waals surface area contributed by atoms with Crippen LogP contribution < -0.4 is 5.32 Å². The van der Waals surface area contributed by atoms with Crippen LogP contribution >= 0.6 is 0 Å². The van der Waals surface area contributed by atoms with Crippen LogP contribution in [0.3, 0.4) is 0 Å². The molecule has 0 aliphatic carbocycles. The molecule has 0 aromatic carbocycles. The highest BCUT2D eigenvalue weighted by Crippen LogP contribution is 2.15. The summed E-state index contributed by atoms with van der Waals surface area (Å²) < 4.78 is 10.6. The highest BCUT2D eigenvalue weighted by molar-refractivity contribution is 5.05. The van der Waals surface area contributed by atoms with Gasteiger partial charge in [-0.25, -0.2) is 0 Å². The van der Waals surface area contributed by atoms with Crippen molar-refractivity contribution in [1.82, 2.24) is 5.32 Å². The summed E-state index contributed by atoms with van der Waals surface area (Å²) in [6.45, 7) is 6.71. The van der Waals surface area contributed by atoms with Crippen LogP contribution in [0.4, 0.5) is 0 Å². The first-order valence-corrected chi connectivity index (χ1v) is 6.00. The second-order valence-electron chi connectivity index (χ2n) is 3.71.